The van der Waals surface area contributed by atoms with E-state index in [2.05, 4.69) is 5.16 Å². The van der Waals surface area contributed by atoms with Crippen LogP contribution in [0.3, 0.4) is 0 Å². The number of likely N-dealkylation sites (N-methyl/N-ethyl adjacent to an activating group) is 1. The Labute approximate surface area is 161 Å². The van der Waals surface area contributed by atoms with Crippen molar-refractivity contribution in [3.63, 3.8) is 0 Å². The van der Waals surface area contributed by atoms with Crippen LogP contribution in [0.5, 0.6) is 0 Å². The van der Waals surface area contributed by atoms with Crippen LogP contribution < -0.4 is 0 Å². The highest BCUT2D eigenvalue weighted by molar-refractivity contribution is 5.90. The van der Waals surface area contributed by atoms with E-state index >= 15 is 0 Å². The smallest absolute Gasteiger partial charge is 0.256 e. The number of benzene rings is 2. The molecule has 0 N–H and O–H groups in total. The highest BCUT2D eigenvalue weighted by Crippen LogP contribution is 2.37. The standard InChI is InChI=1S/C20H21N3O5/c1-13-8-10-14(11-9-13)16(12-23(25)26)18(20(24)22(2)27-3)19-15-6-4-5-7-17(15)28-21-19/h4-11,16,18H,12H2,1-3H3/t16-,18?/m0/s1. The zero-order chi connectivity index (χ0) is 20.3. The summed E-state index contributed by atoms with van der Waals surface area (Å²) < 4.78 is 5.37. The molecule has 0 aliphatic heterocycles. The van der Waals surface area contributed by atoms with E-state index < -0.39 is 29.2 Å². The van der Waals surface area contributed by atoms with Crippen LogP contribution in [0.25, 0.3) is 11.0 Å². The Bertz CT molecular complexity index is 983. The number of para-hydroxylation sites is 1. The number of nitrogens with zero attached hydrogens (tertiary/aromatic N) is 3. The molecule has 3 aromatic rings. The number of hydrogen-bond donors (Lipinski definition) is 0. The Hall–Kier alpha value is -3.26. The Morgan fingerprint density at radius 1 is 1.25 bits per heavy atom. The van der Waals surface area contributed by atoms with Crippen LogP contribution in [0.15, 0.2) is 53.1 Å². The van der Waals surface area contributed by atoms with Gasteiger partial charge in [0.25, 0.3) is 5.91 Å². The lowest BCUT2D eigenvalue weighted by Gasteiger charge is -2.26. The molecule has 3 rings (SSSR count). The van der Waals surface area contributed by atoms with E-state index in [1.54, 1.807) is 36.4 Å². The van der Waals surface area contributed by atoms with Gasteiger partial charge in [0.1, 0.15) is 5.69 Å². The van der Waals surface area contributed by atoms with E-state index in [1.165, 1.54) is 14.2 Å². The van der Waals surface area contributed by atoms with Gasteiger partial charge in [-0.2, -0.15) is 0 Å². The molecule has 8 heteroatoms. The molecule has 2 aromatic carbocycles. The number of hydroxylamine groups is 2. The summed E-state index contributed by atoms with van der Waals surface area (Å²) in [6.07, 6.45) is 0. The van der Waals surface area contributed by atoms with Crippen molar-refractivity contribution < 1.29 is 19.1 Å². The third-order valence-corrected chi connectivity index (χ3v) is 4.80. The molecule has 146 valence electrons. The SMILES string of the molecule is CON(C)C(=O)C(c1noc2ccccc12)[C@@H](C[N+](=O)[O-])c1ccc(C)cc1. The van der Waals surface area contributed by atoms with Gasteiger partial charge in [0.2, 0.25) is 6.54 Å². The second kappa shape index (κ2) is 8.18. The van der Waals surface area contributed by atoms with Crippen molar-refractivity contribution in [2.45, 2.75) is 18.8 Å². The van der Waals surface area contributed by atoms with Gasteiger partial charge in [-0.3, -0.25) is 19.7 Å². The van der Waals surface area contributed by atoms with Crippen LogP contribution in [0.4, 0.5) is 0 Å². The maximum absolute atomic E-state index is 13.2. The second-order valence-corrected chi connectivity index (χ2v) is 6.59. The Balaban J connectivity index is 2.18. The number of rotatable bonds is 7. The van der Waals surface area contributed by atoms with E-state index in [1.807, 2.05) is 19.1 Å². The lowest BCUT2D eigenvalue weighted by Crippen LogP contribution is -2.36. The normalized spacial score (nSPS) is 13.2. The summed E-state index contributed by atoms with van der Waals surface area (Å²) in [6, 6.07) is 14.5. The van der Waals surface area contributed by atoms with Crippen molar-refractivity contribution in [3.05, 3.63) is 75.5 Å². The molecule has 28 heavy (non-hydrogen) atoms. The zero-order valence-corrected chi connectivity index (χ0v) is 15.9. The van der Waals surface area contributed by atoms with Crippen LogP contribution in [0.1, 0.15) is 28.7 Å². The fourth-order valence-corrected chi connectivity index (χ4v) is 3.27. The molecule has 0 bridgehead atoms. The van der Waals surface area contributed by atoms with Crippen molar-refractivity contribution in [2.75, 3.05) is 20.7 Å². The van der Waals surface area contributed by atoms with Crippen molar-refractivity contribution >= 4 is 16.9 Å². The maximum atomic E-state index is 13.2. The van der Waals surface area contributed by atoms with Gasteiger partial charge in [-0.05, 0) is 24.6 Å². The van der Waals surface area contributed by atoms with Crippen molar-refractivity contribution in [2.24, 2.45) is 0 Å². The van der Waals surface area contributed by atoms with Crippen LogP contribution in [-0.4, -0.2) is 41.8 Å². The quantitative estimate of drug-likeness (QED) is 0.458. The van der Waals surface area contributed by atoms with Crippen molar-refractivity contribution in [1.82, 2.24) is 10.2 Å². The minimum atomic E-state index is -0.943. The highest BCUT2D eigenvalue weighted by atomic mass is 16.7. The third-order valence-electron chi connectivity index (χ3n) is 4.80. The first kappa shape index (κ1) is 19.5. The number of carbonyl (C=O) groups is 1. The van der Waals surface area contributed by atoms with Gasteiger partial charge in [0.05, 0.1) is 18.9 Å². The number of aryl methyl sites for hydroxylation is 1. The van der Waals surface area contributed by atoms with Gasteiger partial charge in [0, 0.05) is 17.4 Å². The summed E-state index contributed by atoms with van der Waals surface area (Å²) >= 11 is 0. The summed E-state index contributed by atoms with van der Waals surface area (Å²) in [5, 5.41) is 17.3. The second-order valence-electron chi connectivity index (χ2n) is 6.59. The summed E-state index contributed by atoms with van der Waals surface area (Å²) in [6.45, 7) is 1.50. The molecule has 0 saturated heterocycles. The average molecular weight is 383 g/mol. The maximum Gasteiger partial charge on any atom is 0.256 e. The van der Waals surface area contributed by atoms with Crippen molar-refractivity contribution in [3.8, 4) is 0 Å². The van der Waals surface area contributed by atoms with Gasteiger partial charge < -0.3 is 4.52 Å². The molecule has 0 aliphatic rings. The lowest BCUT2D eigenvalue weighted by atomic mass is 9.82. The summed E-state index contributed by atoms with van der Waals surface area (Å²) in [7, 11) is 2.83. The molecule has 1 heterocycles. The van der Waals surface area contributed by atoms with Crippen LogP contribution >= 0.6 is 0 Å². The fourth-order valence-electron chi connectivity index (χ4n) is 3.27. The molecule has 2 atom stereocenters. The lowest BCUT2D eigenvalue weighted by molar-refractivity contribution is -0.483. The topological polar surface area (TPSA) is 98.7 Å². The molecule has 0 radical (unpaired) electrons. The number of amides is 1. The van der Waals surface area contributed by atoms with Crippen LogP contribution in [-0.2, 0) is 9.63 Å². The first-order valence-corrected chi connectivity index (χ1v) is 8.76. The van der Waals surface area contributed by atoms with Crippen LogP contribution in [0, 0.1) is 17.0 Å². The van der Waals surface area contributed by atoms with Crippen molar-refractivity contribution in [1.29, 1.82) is 0 Å². The Morgan fingerprint density at radius 2 is 1.93 bits per heavy atom. The molecule has 0 aliphatic carbocycles. The van der Waals surface area contributed by atoms with Gasteiger partial charge in [-0.25, -0.2) is 5.06 Å². The van der Waals surface area contributed by atoms with E-state index in [0.29, 0.717) is 22.2 Å². The average Bonchev–Trinajstić information content (AvgIpc) is 3.11. The minimum absolute atomic E-state index is 0.358. The van der Waals surface area contributed by atoms with Gasteiger partial charge in [0.15, 0.2) is 5.58 Å². The summed E-state index contributed by atoms with van der Waals surface area (Å²) in [5.41, 5.74) is 2.57. The monoisotopic (exact) mass is 383 g/mol. The molecule has 8 nitrogen and oxygen atoms in total. The van der Waals surface area contributed by atoms with Gasteiger partial charge >= 0.3 is 0 Å². The third kappa shape index (κ3) is 3.86. The van der Waals surface area contributed by atoms with E-state index in [4.69, 9.17) is 9.36 Å². The largest absolute Gasteiger partial charge is 0.356 e. The first-order valence-electron chi connectivity index (χ1n) is 8.76. The van der Waals surface area contributed by atoms with Gasteiger partial charge in [-0.1, -0.05) is 47.1 Å². The zero-order valence-electron chi connectivity index (χ0n) is 15.9. The fraction of sp³-hybridized carbons (Fsp3) is 0.300. The number of hydrogen-bond acceptors (Lipinski definition) is 6. The van der Waals surface area contributed by atoms with Gasteiger partial charge in [-0.15, -0.1) is 0 Å². The molecule has 1 unspecified atom stereocenters. The van der Waals surface area contributed by atoms with E-state index in [9.17, 15) is 14.9 Å². The number of nitro groups is 1. The number of carbonyl (C=O) groups excluding carboxylic acids is 1. The number of fused-ring (bicyclic) bond motifs is 1. The molecule has 1 aromatic heterocycles. The first-order chi connectivity index (χ1) is 13.4. The molecular formula is C20H21N3O5. The van der Waals surface area contributed by atoms with Crippen LogP contribution in [0.2, 0.25) is 0 Å². The molecular weight excluding hydrogens is 362 g/mol. The summed E-state index contributed by atoms with van der Waals surface area (Å²) in [5.74, 6) is -2.12. The van der Waals surface area contributed by atoms with E-state index in [-0.39, 0.29) is 0 Å². The molecule has 0 fully saturated rings. The Morgan fingerprint density at radius 3 is 2.57 bits per heavy atom. The summed E-state index contributed by atoms with van der Waals surface area (Å²) in [4.78, 5) is 29.3. The predicted octanol–water partition coefficient (Wildman–Crippen LogP) is 3.30. The minimum Gasteiger partial charge on any atom is -0.356 e. The number of aromatic nitrogens is 1. The molecule has 0 saturated carbocycles. The Kier molecular flexibility index (Phi) is 5.70. The molecule has 0 spiro atoms. The highest BCUT2D eigenvalue weighted by Gasteiger charge is 2.39. The predicted molar refractivity (Wildman–Crippen MR) is 102 cm³/mol. The molecule has 1 amide bonds. The van der Waals surface area contributed by atoms with E-state index in [0.717, 1.165) is 10.6 Å².